The Kier molecular flexibility index (Phi) is 6.37. The fourth-order valence-corrected chi connectivity index (χ4v) is 4.53. The van der Waals surface area contributed by atoms with Gasteiger partial charge in [0.1, 0.15) is 17.3 Å². The van der Waals surface area contributed by atoms with Crippen molar-refractivity contribution >= 4 is 29.0 Å². The van der Waals surface area contributed by atoms with Crippen LogP contribution in [0.1, 0.15) is 33.6 Å². The predicted molar refractivity (Wildman–Crippen MR) is 133 cm³/mol. The van der Waals surface area contributed by atoms with E-state index in [1.54, 1.807) is 42.3 Å². The van der Waals surface area contributed by atoms with Crippen molar-refractivity contribution in [2.75, 3.05) is 49.7 Å². The Morgan fingerprint density at radius 2 is 1.75 bits per heavy atom. The SMILES string of the molecule is COc1ccccc1N1CCN(C(=O)c2ccc(CN3C(=O)COc4ccc(C(C)=O)cc43)o2)CC1. The summed E-state index contributed by atoms with van der Waals surface area (Å²) in [6.45, 7) is 3.96. The van der Waals surface area contributed by atoms with E-state index in [2.05, 4.69) is 4.90 Å². The minimum absolute atomic E-state index is 0.102. The fraction of sp³-hybridized carbons (Fsp3) is 0.296. The molecule has 0 spiro atoms. The average molecular weight is 490 g/mol. The Hall–Kier alpha value is -4.27. The number of furan rings is 1. The highest BCUT2D eigenvalue weighted by Crippen LogP contribution is 2.34. The van der Waals surface area contributed by atoms with Gasteiger partial charge in [-0.25, -0.2) is 0 Å². The van der Waals surface area contributed by atoms with E-state index < -0.39 is 0 Å². The molecule has 9 nitrogen and oxygen atoms in total. The standard InChI is InChI=1S/C27H27N3O6/c1-18(31)19-7-9-24-22(15-19)30(26(32)17-35-24)16-20-8-10-25(36-20)27(33)29-13-11-28(12-14-29)21-5-3-4-6-23(21)34-2/h3-10,15H,11-14,16-17H2,1-2H3. The summed E-state index contributed by atoms with van der Waals surface area (Å²) in [6, 6.07) is 16.2. The maximum absolute atomic E-state index is 13.1. The van der Waals surface area contributed by atoms with Crippen molar-refractivity contribution in [1.82, 2.24) is 4.90 Å². The topological polar surface area (TPSA) is 92.5 Å². The van der Waals surface area contributed by atoms with Crippen LogP contribution in [0.2, 0.25) is 0 Å². The average Bonchev–Trinajstić information content (AvgIpc) is 3.38. The number of rotatable bonds is 6. The van der Waals surface area contributed by atoms with Crippen LogP contribution in [0.5, 0.6) is 11.5 Å². The molecule has 9 heteroatoms. The molecule has 36 heavy (non-hydrogen) atoms. The number of piperazine rings is 1. The van der Waals surface area contributed by atoms with E-state index in [9.17, 15) is 14.4 Å². The molecule has 0 N–H and O–H groups in total. The van der Waals surface area contributed by atoms with E-state index in [0.29, 0.717) is 48.9 Å². The van der Waals surface area contributed by atoms with Gasteiger partial charge in [-0.05, 0) is 49.4 Å². The number of carbonyl (C=O) groups is 3. The second kappa shape index (κ2) is 9.77. The van der Waals surface area contributed by atoms with Gasteiger partial charge >= 0.3 is 0 Å². The van der Waals surface area contributed by atoms with Crippen molar-refractivity contribution in [2.45, 2.75) is 13.5 Å². The molecule has 0 radical (unpaired) electrons. The number of fused-ring (bicyclic) bond motifs is 1. The number of benzene rings is 2. The van der Waals surface area contributed by atoms with Crippen LogP contribution in [0.3, 0.4) is 0 Å². The largest absolute Gasteiger partial charge is 0.495 e. The summed E-state index contributed by atoms with van der Waals surface area (Å²) in [5, 5.41) is 0. The number of carbonyl (C=O) groups excluding carboxylic acids is 3. The van der Waals surface area contributed by atoms with Crippen molar-refractivity contribution < 1.29 is 28.3 Å². The smallest absolute Gasteiger partial charge is 0.289 e. The second-order valence-corrected chi connectivity index (χ2v) is 8.72. The number of nitrogens with zero attached hydrogens (tertiary/aromatic N) is 3. The number of amides is 2. The molecule has 3 heterocycles. The van der Waals surface area contributed by atoms with Crippen molar-refractivity contribution in [3.63, 3.8) is 0 Å². The number of Topliss-reactive ketones (excluding diaryl/α,β-unsaturated/α-hetero) is 1. The Balaban J connectivity index is 1.26. The van der Waals surface area contributed by atoms with Gasteiger partial charge in [0.15, 0.2) is 18.2 Å². The van der Waals surface area contributed by atoms with Crippen LogP contribution in [-0.4, -0.2) is 62.4 Å². The Morgan fingerprint density at radius 3 is 2.50 bits per heavy atom. The van der Waals surface area contributed by atoms with Gasteiger partial charge in [-0.1, -0.05) is 12.1 Å². The number of ether oxygens (including phenoxy) is 2. The zero-order chi connectivity index (χ0) is 25.2. The summed E-state index contributed by atoms with van der Waals surface area (Å²) in [5.41, 5.74) is 2.01. The Bertz CT molecular complexity index is 1310. The summed E-state index contributed by atoms with van der Waals surface area (Å²) in [4.78, 5) is 43.0. The van der Waals surface area contributed by atoms with E-state index in [4.69, 9.17) is 13.9 Å². The van der Waals surface area contributed by atoms with Crippen LogP contribution in [0, 0.1) is 0 Å². The van der Waals surface area contributed by atoms with Gasteiger partial charge in [-0.2, -0.15) is 0 Å². The summed E-state index contributed by atoms with van der Waals surface area (Å²) >= 11 is 0. The number of hydrogen-bond acceptors (Lipinski definition) is 7. The van der Waals surface area contributed by atoms with E-state index >= 15 is 0 Å². The quantitative estimate of drug-likeness (QED) is 0.490. The van der Waals surface area contributed by atoms with Crippen LogP contribution in [0.25, 0.3) is 0 Å². The van der Waals surface area contributed by atoms with Gasteiger partial charge in [0.25, 0.3) is 11.8 Å². The number of para-hydroxylation sites is 2. The van der Waals surface area contributed by atoms with E-state index in [0.717, 1.165) is 11.4 Å². The first-order valence-electron chi connectivity index (χ1n) is 11.8. The first-order valence-corrected chi connectivity index (χ1v) is 11.8. The summed E-state index contributed by atoms with van der Waals surface area (Å²) in [6.07, 6.45) is 0. The van der Waals surface area contributed by atoms with Gasteiger partial charge in [0.05, 0.1) is 25.0 Å². The molecule has 0 atom stereocenters. The Morgan fingerprint density at radius 1 is 0.972 bits per heavy atom. The third kappa shape index (κ3) is 4.51. The number of methoxy groups -OCH3 is 1. The number of hydrogen-bond donors (Lipinski definition) is 0. The van der Waals surface area contributed by atoms with Gasteiger partial charge in [0, 0.05) is 31.7 Å². The van der Waals surface area contributed by atoms with Crippen LogP contribution < -0.4 is 19.3 Å². The molecule has 3 aromatic rings. The molecule has 186 valence electrons. The summed E-state index contributed by atoms with van der Waals surface area (Å²) in [7, 11) is 1.65. The van der Waals surface area contributed by atoms with Gasteiger partial charge in [0.2, 0.25) is 0 Å². The second-order valence-electron chi connectivity index (χ2n) is 8.72. The lowest BCUT2D eigenvalue weighted by Crippen LogP contribution is -2.48. The third-order valence-electron chi connectivity index (χ3n) is 6.49. The molecular formula is C27H27N3O6. The molecule has 0 unspecified atom stereocenters. The fourth-order valence-electron chi connectivity index (χ4n) is 4.53. The van der Waals surface area contributed by atoms with Gasteiger partial charge in [-0.3, -0.25) is 19.3 Å². The number of anilines is 2. The summed E-state index contributed by atoms with van der Waals surface area (Å²) in [5.74, 6) is 1.49. The van der Waals surface area contributed by atoms with Crippen LogP contribution in [0.4, 0.5) is 11.4 Å². The molecule has 0 aliphatic carbocycles. The maximum atomic E-state index is 13.1. The first kappa shape index (κ1) is 23.5. The zero-order valence-corrected chi connectivity index (χ0v) is 20.2. The molecule has 2 aliphatic heterocycles. The molecule has 2 aliphatic rings. The molecule has 1 aromatic heterocycles. The van der Waals surface area contributed by atoms with Crippen LogP contribution >= 0.6 is 0 Å². The van der Waals surface area contributed by atoms with Crippen molar-refractivity contribution in [1.29, 1.82) is 0 Å². The molecule has 1 saturated heterocycles. The molecule has 5 rings (SSSR count). The lowest BCUT2D eigenvalue weighted by Gasteiger charge is -2.36. The molecule has 2 amide bonds. The van der Waals surface area contributed by atoms with Crippen LogP contribution in [0.15, 0.2) is 59.0 Å². The van der Waals surface area contributed by atoms with E-state index in [1.165, 1.54) is 11.8 Å². The lowest BCUT2D eigenvalue weighted by molar-refractivity contribution is -0.121. The normalized spacial score (nSPS) is 15.4. The van der Waals surface area contributed by atoms with Gasteiger partial charge < -0.3 is 23.7 Å². The number of ketones is 1. The monoisotopic (exact) mass is 489 g/mol. The van der Waals surface area contributed by atoms with Crippen molar-refractivity contribution in [2.24, 2.45) is 0 Å². The van der Waals surface area contributed by atoms with E-state index in [-0.39, 0.29) is 36.5 Å². The molecular weight excluding hydrogens is 462 g/mol. The molecule has 2 aromatic carbocycles. The van der Waals surface area contributed by atoms with Crippen molar-refractivity contribution in [3.05, 3.63) is 71.7 Å². The highest BCUT2D eigenvalue weighted by Gasteiger charge is 2.29. The first-order chi connectivity index (χ1) is 17.4. The van der Waals surface area contributed by atoms with E-state index in [1.807, 2.05) is 24.3 Å². The molecule has 0 bridgehead atoms. The van der Waals surface area contributed by atoms with Crippen molar-refractivity contribution in [3.8, 4) is 11.5 Å². The highest BCUT2D eigenvalue weighted by atomic mass is 16.5. The van der Waals surface area contributed by atoms with Gasteiger partial charge in [-0.15, -0.1) is 0 Å². The minimum atomic E-state index is -0.250. The Labute approximate surface area is 208 Å². The molecule has 0 saturated carbocycles. The zero-order valence-electron chi connectivity index (χ0n) is 20.2. The molecule has 1 fully saturated rings. The highest BCUT2D eigenvalue weighted by molar-refractivity contribution is 6.01. The summed E-state index contributed by atoms with van der Waals surface area (Å²) < 4.78 is 16.8. The maximum Gasteiger partial charge on any atom is 0.289 e. The predicted octanol–water partition coefficient (Wildman–Crippen LogP) is 3.38. The third-order valence-corrected chi connectivity index (χ3v) is 6.49. The minimum Gasteiger partial charge on any atom is -0.495 e. The van der Waals surface area contributed by atoms with Crippen LogP contribution in [-0.2, 0) is 11.3 Å². The lowest BCUT2D eigenvalue weighted by atomic mass is 10.1.